The van der Waals surface area contributed by atoms with Crippen molar-refractivity contribution in [3.8, 4) is 11.5 Å². The Kier molecular flexibility index (Phi) is 5.82. The Morgan fingerprint density at radius 2 is 1.90 bits per heavy atom. The van der Waals surface area contributed by atoms with Gasteiger partial charge in [-0.2, -0.15) is 13.2 Å². The van der Waals surface area contributed by atoms with E-state index < -0.39 is 25.2 Å². The van der Waals surface area contributed by atoms with Crippen LogP contribution in [0.5, 0.6) is 11.5 Å². The number of ketones is 1. The fourth-order valence-corrected chi connectivity index (χ4v) is 2.08. The first-order chi connectivity index (χ1) is 9.28. The fourth-order valence-electron chi connectivity index (χ4n) is 1.44. The van der Waals surface area contributed by atoms with Crippen molar-refractivity contribution in [2.45, 2.75) is 6.18 Å². The first-order valence-corrected chi connectivity index (χ1v) is 6.17. The van der Waals surface area contributed by atoms with Gasteiger partial charge in [0.1, 0.15) is 24.7 Å². The second kappa shape index (κ2) is 6.94. The summed E-state index contributed by atoms with van der Waals surface area (Å²) in [5, 5.41) is 0. The van der Waals surface area contributed by atoms with Gasteiger partial charge in [-0.05, 0) is 22.0 Å². The largest absolute Gasteiger partial charge is 0.497 e. The van der Waals surface area contributed by atoms with Crippen molar-refractivity contribution in [3.05, 3.63) is 22.2 Å². The lowest BCUT2D eigenvalue weighted by Crippen LogP contribution is -2.21. The highest BCUT2D eigenvalue weighted by atomic mass is 79.9. The summed E-state index contributed by atoms with van der Waals surface area (Å²) in [6.45, 7) is -2.17. The molecule has 0 saturated heterocycles. The highest BCUT2D eigenvalue weighted by Gasteiger charge is 2.28. The van der Waals surface area contributed by atoms with Gasteiger partial charge >= 0.3 is 6.18 Å². The number of hydrogen-bond acceptors (Lipinski definition) is 4. The third kappa shape index (κ3) is 4.68. The van der Waals surface area contributed by atoms with Crippen LogP contribution in [-0.2, 0) is 4.74 Å². The number of rotatable bonds is 6. The summed E-state index contributed by atoms with van der Waals surface area (Å²) < 4.78 is 50.6. The molecule has 8 heteroatoms. The summed E-state index contributed by atoms with van der Waals surface area (Å²) in [5.74, 6) is 0.0129. The number of ether oxygens (including phenoxy) is 3. The number of alkyl halides is 3. The number of methoxy groups -OCH3 is 2. The Hall–Kier alpha value is -1.28. The van der Waals surface area contributed by atoms with Crippen LogP contribution in [0.25, 0.3) is 0 Å². The summed E-state index contributed by atoms with van der Waals surface area (Å²) in [4.78, 5) is 11.9. The first kappa shape index (κ1) is 16.8. The average Bonchev–Trinajstić information content (AvgIpc) is 2.35. The number of Topliss-reactive ketones (excluding diaryl/α,β-unsaturated/α-hetero) is 1. The highest BCUT2D eigenvalue weighted by Crippen LogP contribution is 2.32. The van der Waals surface area contributed by atoms with Gasteiger partial charge in [-0.3, -0.25) is 4.79 Å². The third-order valence-electron chi connectivity index (χ3n) is 2.26. The van der Waals surface area contributed by atoms with E-state index in [1.54, 1.807) is 0 Å². The van der Waals surface area contributed by atoms with Crippen LogP contribution >= 0.6 is 15.9 Å². The molecule has 1 rings (SSSR count). The van der Waals surface area contributed by atoms with Crippen LogP contribution in [0, 0.1) is 0 Å². The molecule has 0 saturated carbocycles. The van der Waals surface area contributed by atoms with Crippen LogP contribution in [-0.4, -0.2) is 39.4 Å². The SMILES string of the molecule is COc1cc(Br)c(C(=O)COCC(F)(F)F)c(OC)c1. The zero-order chi connectivity index (χ0) is 15.3. The topological polar surface area (TPSA) is 44.8 Å². The zero-order valence-electron chi connectivity index (χ0n) is 10.7. The molecule has 0 bridgehead atoms. The summed E-state index contributed by atoms with van der Waals surface area (Å²) >= 11 is 3.15. The van der Waals surface area contributed by atoms with Gasteiger partial charge < -0.3 is 14.2 Å². The van der Waals surface area contributed by atoms with Gasteiger partial charge in [0, 0.05) is 10.5 Å². The Balaban J connectivity index is 2.87. The van der Waals surface area contributed by atoms with E-state index in [9.17, 15) is 18.0 Å². The monoisotopic (exact) mass is 356 g/mol. The number of carbonyl (C=O) groups excluding carboxylic acids is 1. The van der Waals surface area contributed by atoms with E-state index in [-0.39, 0.29) is 11.3 Å². The van der Waals surface area contributed by atoms with Gasteiger partial charge in [-0.25, -0.2) is 0 Å². The van der Waals surface area contributed by atoms with Gasteiger partial charge in [0.2, 0.25) is 0 Å². The maximum Gasteiger partial charge on any atom is 0.411 e. The zero-order valence-corrected chi connectivity index (χ0v) is 12.3. The molecule has 0 aliphatic rings. The van der Waals surface area contributed by atoms with Crippen molar-refractivity contribution in [2.75, 3.05) is 27.4 Å². The van der Waals surface area contributed by atoms with E-state index in [4.69, 9.17) is 9.47 Å². The molecule has 0 heterocycles. The van der Waals surface area contributed by atoms with E-state index >= 15 is 0 Å². The Bertz CT molecular complexity index is 488. The van der Waals surface area contributed by atoms with E-state index in [0.29, 0.717) is 10.2 Å². The van der Waals surface area contributed by atoms with Crippen molar-refractivity contribution in [1.29, 1.82) is 0 Å². The fraction of sp³-hybridized carbons (Fsp3) is 0.417. The summed E-state index contributed by atoms with van der Waals surface area (Å²) in [6, 6.07) is 2.97. The molecule has 0 spiro atoms. The quantitative estimate of drug-likeness (QED) is 0.734. The van der Waals surface area contributed by atoms with E-state index in [1.165, 1.54) is 26.4 Å². The lowest BCUT2D eigenvalue weighted by molar-refractivity contribution is -0.170. The Morgan fingerprint density at radius 1 is 1.25 bits per heavy atom. The van der Waals surface area contributed by atoms with Crippen LogP contribution in [0.2, 0.25) is 0 Å². The molecule has 0 aliphatic heterocycles. The van der Waals surface area contributed by atoms with Crippen LogP contribution in [0.15, 0.2) is 16.6 Å². The van der Waals surface area contributed by atoms with Gasteiger partial charge in [0.15, 0.2) is 5.78 Å². The first-order valence-electron chi connectivity index (χ1n) is 5.37. The molecule has 0 aromatic heterocycles. The molecule has 4 nitrogen and oxygen atoms in total. The normalized spacial score (nSPS) is 11.3. The lowest BCUT2D eigenvalue weighted by Gasteiger charge is -2.12. The number of benzene rings is 1. The molecule has 0 fully saturated rings. The molecular formula is C12H12BrF3O4. The molecule has 0 unspecified atom stereocenters. The molecule has 0 aliphatic carbocycles. The Morgan fingerprint density at radius 3 is 2.40 bits per heavy atom. The van der Waals surface area contributed by atoms with E-state index in [2.05, 4.69) is 20.7 Å². The van der Waals surface area contributed by atoms with Crippen LogP contribution in [0.1, 0.15) is 10.4 Å². The van der Waals surface area contributed by atoms with Crippen molar-refractivity contribution >= 4 is 21.7 Å². The van der Waals surface area contributed by atoms with Crippen LogP contribution in [0.4, 0.5) is 13.2 Å². The van der Waals surface area contributed by atoms with Gasteiger partial charge in [0.05, 0.1) is 19.8 Å². The van der Waals surface area contributed by atoms with Crippen molar-refractivity contribution < 1.29 is 32.2 Å². The van der Waals surface area contributed by atoms with Gasteiger partial charge in [-0.1, -0.05) is 0 Å². The van der Waals surface area contributed by atoms with Crippen molar-refractivity contribution in [2.24, 2.45) is 0 Å². The Labute approximate surface area is 121 Å². The standard InChI is InChI=1S/C12H12BrF3O4/c1-18-7-3-8(13)11(10(4-7)19-2)9(17)5-20-6-12(14,15)16/h3-4H,5-6H2,1-2H3. The molecule has 0 amide bonds. The molecule has 112 valence electrons. The third-order valence-corrected chi connectivity index (χ3v) is 2.89. The minimum absolute atomic E-state index is 0.107. The summed E-state index contributed by atoms with van der Waals surface area (Å²) in [6.07, 6.45) is -4.47. The smallest absolute Gasteiger partial charge is 0.411 e. The van der Waals surface area contributed by atoms with Crippen molar-refractivity contribution in [1.82, 2.24) is 0 Å². The molecular weight excluding hydrogens is 345 g/mol. The summed E-state index contributed by atoms with van der Waals surface area (Å²) in [7, 11) is 2.78. The highest BCUT2D eigenvalue weighted by molar-refractivity contribution is 9.10. The number of hydrogen-bond donors (Lipinski definition) is 0. The molecule has 0 N–H and O–H groups in total. The minimum atomic E-state index is -4.47. The average molecular weight is 357 g/mol. The second-order valence-electron chi connectivity index (χ2n) is 3.72. The van der Waals surface area contributed by atoms with Gasteiger partial charge in [0.25, 0.3) is 0 Å². The predicted octanol–water partition coefficient (Wildman–Crippen LogP) is 3.23. The maximum atomic E-state index is 11.9. The van der Waals surface area contributed by atoms with Crippen LogP contribution in [0.3, 0.4) is 0 Å². The predicted molar refractivity (Wildman–Crippen MR) is 68.5 cm³/mol. The molecule has 0 radical (unpaired) electrons. The van der Waals surface area contributed by atoms with Crippen molar-refractivity contribution in [3.63, 3.8) is 0 Å². The lowest BCUT2D eigenvalue weighted by atomic mass is 10.1. The second-order valence-corrected chi connectivity index (χ2v) is 4.57. The summed E-state index contributed by atoms with van der Waals surface area (Å²) in [5.41, 5.74) is 0.107. The molecule has 1 aromatic carbocycles. The van der Waals surface area contributed by atoms with E-state index in [0.717, 1.165) is 0 Å². The maximum absolute atomic E-state index is 11.9. The molecule has 0 atom stereocenters. The molecule has 1 aromatic rings. The van der Waals surface area contributed by atoms with Gasteiger partial charge in [-0.15, -0.1) is 0 Å². The van der Waals surface area contributed by atoms with Crippen LogP contribution < -0.4 is 9.47 Å². The minimum Gasteiger partial charge on any atom is -0.497 e. The molecule has 20 heavy (non-hydrogen) atoms. The van der Waals surface area contributed by atoms with E-state index in [1.807, 2.05) is 0 Å². The number of carbonyl (C=O) groups is 1. The number of halogens is 4.